The summed E-state index contributed by atoms with van der Waals surface area (Å²) in [4.78, 5) is 4.20. The number of methoxy groups -OCH3 is 1. The van der Waals surface area contributed by atoms with Gasteiger partial charge in [0.1, 0.15) is 5.75 Å². The Morgan fingerprint density at radius 2 is 2.15 bits per heavy atom. The van der Waals surface area contributed by atoms with Crippen LogP contribution in [0.3, 0.4) is 0 Å². The number of rotatable bonds is 7. The highest BCUT2D eigenvalue weighted by Crippen LogP contribution is 2.29. The maximum atomic E-state index is 9.78. The maximum absolute atomic E-state index is 9.78. The summed E-state index contributed by atoms with van der Waals surface area (Å²) in [6.45, 7) is 1.56. The standard InChI is InChI=1S/C13H17N3O4/c1-18-6-7-19-5-4-12-15-13(20-16-12)10-3-2-9(14)8-11(10)17/h2-3,8,17H,4-7,14H2,1H3. The first kappa shape index (κ1) is 14.3. The van der Waals surface area contributed by atoms with Crippen molar-refractivity contribution in [3.05, 3.63) is 24.0 Å². The first-order valence-electron chi connectivity index (χ1n) is 6.19. The zero-order chi connectivity index (χ0) is 14.4. The Labute approximate surface area is 116 Å². The van der Waals surface area contributed by atoms with Crippen LogP contribution in [0, 0.1) is 0 Å². The third-order valence-electron chi connectivity index (χ3n) is 2.62. The molecule has 0 aliphatic heterocycles. The summed E-state index contributed by atoms with van der Waals surface area (Å²) in [7, 11) is 1.62. The molecule has 0 aliphatic rings. The molecule has 0 fully saturated rings. The van der Waals surface area contributed by atoms with Crippen molar-refractivity contribution in [2.24, 2.45) is 0 Å². The summed E-state index contributed by atoms with van der Waals surface area (Å²) in [5, 5.41) is 13.6. The Hall–Kier alpha value is -2.12. The molecular formula is C13H17N3O4. The topological polar surface area (TPSA) is 104 Å². The van der Waals surface area contributed by atoms with Gasteiger partial charge in [0.15, 0.2) is 5.82 Å². The number of phenolic OH excluding ortho intramolecular Hbond substituents is 1. The van der Waals surface area contributed by atoms with E-state index in [1.54, 1.807) is 19.2 Å². The number of nitrogens with two attached hydrogens (primary N) is 1. The van der Waals surface area contributed by atoms with Crippen molar-refractivity contribution in [2.45, 2.75) is 6.42 Å². The number of hydrogen-bond acceptors (Lipinski definition) is 7. The molecule has 0 aliphatic carbocycles. The molecule has 7 nitrogen and oxygen atoms in total. The van der Waals surface area contributed by atoms with Gasteiger partial charge >= 0.3 is 0 Å². The molecule has 2 rings (SSSR count). The fourth-order valence-electron chi connectivity index (χ4n) is 1.60. The van der Waals surface area contributed by atoms with Crippen LogP contribution in [-0.4, -0.2) is 42.2 Å². The van der Waals surface area contributed by atoms with E-state index in [1.165, 1.54) is 6.07 Å². The van der Waals surface area contributed by atoms with Crippen molar-refractivity contribution in [2.75, 3.05) is 32.7 Å². The molecule has 0 saturated carbocycles. The van der Waals surface area contributed by atoms with Gasteiger partial charge in [-0.1, -0.05) is 5.16 Å². The van der Waals surface area contributed by atoms with Crippen LogP contribution in [0.15, 0.2) is 22.7 Å². The largest absolute Gasteiger partial charge is 0.507 e. The van der Waals surface area contributed by atoms with E-state index < -0.39 is 0 Å². The SMILES string of the molecule is COCCOCCc1noc(-c2ccc(N)cc2O)n1. The lowest BCUT2D eigenvalue weighted by atomic mass is 10.2. The number of aromatic nitrogens is 2. The molecule has 0 bridgehead atoms. The highest BCUT2D eigenvalue weighted by molar-refractivity contribution is 5.66. The molecule has 0 saturated heterocycles. The van der Waals surface area contributed by atoms with E-state index in [0.29, 0.717) is 43.3 Å². The van der Waals surface area contributed by atoms with E-state index in [1.807, 2.05) is 0 Å². The molecule has 0 spiro atoms. The van der Waals surface area contributed by atoms with Crippen LogP contribution in [0.25, 0.3) is 11.5 Å². The predicted molar refractivity (Wildman–Crippen MR) is 72.2 cm³/mol. The molecule has 0 amide bonds. The third kappa shape index (κ3) is 3.69. The van der Waals surface area contributed by atoms with Crippen LogP contribution in [0.4, 0.5) is 5.69 Å². The monoisotopic (exact) mass is 279 g/mol. The highest BCUT2D eigenvalue weighted by Gasteiger charge is 2.12. The summed E-state index contributed by atoms with van der Waals surface area (Å²) >= 11 is 0. The van der Waals surface area contributed by atoms with Gasteiger partial charge in [-0.25, -0.2) is 0 Å². The van der Waals surface area contributed by atoms with Gasteiger partial charge in [0.25, 0.3) is 5.89 Å². The third-order valence-corrected chi connectivity index (χ3v) is 2.62. The number of hydrogen-bond donors (Lipinski definition) is 2. The van der Waals surface area contributed by atoms with Gasteiger partial charge in [-0.05, 0) is 12.1 Å². The lowest BCUT2D eigenvalue weighted by Gasteiger charge is -2.00. The van der Waals surface area contributed by atoms with Gasteiger partial charge in [-0.15, -0.1) is 0 Å². The molecule has 1 heterocycles. The van der Waals surface area contributed by atoms with Gasteiger partial charge in [0, 0.05) is 25.3 Å². The van der Waals surface area contributed by atoms with E-state index in [0.717, 1.165) is 0 Å². The second-order valence-electron chi connectivity index (χ2n) is 4.15. The van der Waals surface area contributed by atoms with E-state index in [2.05, 4.69) is 10.1 Å². The molecule has 3 N–H and O–H groups in total. The Kier molecular flexibility index (Phi) is 4.91. The van der Waals surface area contributed by atoms with E-state index in [-0.39, 0.29) is 11.6 Å². The highest BCUT2D eigenvalue weighted by atomic mass is 16.5. The first-order chi connectivity index (χ1) is 9.70. The maximum Gasteiger partial charge on any atom is 0.261 e. The normalized spacial score (nSPS) is 10.8. The number of benzene rings is 1. The molecule has 0 unspecified atom stereocenters. The van der Waals surface area contributed by atoms with Gasteiger partial charge < -0.3 is 24.8 Å². The van der Waals surface area contributed by atoms with Crippen LogP contribution < -0.4 is 5.73 Å². The molecule has 20 heavy (non-hydrogen) atoms. The number of aromatic hydroxyl groups is 1. The fraction of sp³-hybridized carbons (Fsp3) is 0.385. The molecule has 108 valence electrons. The van der Waals surface area contributed by atoms with E-state index in [4.69, 9.17) is 19.7 Å². The summed E-state index contributed by atoms with van der Waals surface area (Å²) in [6, 6.07) is 4.73. The van der Waals surface area contributed by atoms with Crippen LogP contribution in [-0.2, 0) is 15.9 Å². The summed E-state index contributed by atoms with van der Waals surface area (Å²) in [5.74, 6) is 0.791. The molecule has 0 radical (unpaired) electrons. The molecule has 1 aromatic carbocycles. The van der Waals surface area contributed by atoms with E-state index in [9.17, 15) is 5.11 Å². The Balaban J connectivity index is 1.95. The second kappa shape index (κ2) is 6.88. The molecule has 1 aromatic heterocycles. The van der Waals surface area contributed by atoms with Gasteiger partial charge in [-0.3, -0.25) is 0 Å². The van der Waals surface area contributed by atoms with Crippen molar-refractivity contribution in [1.82, 2.24) is 10.1 Å². The smallest absolute Gasteiger partial charge is 0.261 e. The number of phenols is 1. The van der Waals surface area contributed by atoms with Crippen molar-refractivity contribution in [3.63, 3.8) is 0 Å². The molecule has 7 heteroatoms. The minimum Gasteiger partial charge on any atom is -0.507 e. The Morgan fingerprint density at radius 1 is 1.30 bits per heavy atom. The predicted octanol–water partition coefficient (Wildman–Crippen LogP) is 1.23. The Bertz CT molecular complexity index is 556. The quantitative estimate of drug-likeness (QED) is 0.580. The van der Waals surface area contributed by atoms with Crippen molar-refractivity contribution in [1.29, 1.82) is 0 Å². The lowest BCUT2D eigenvalue weighted by Crippen LogP contribution is -2.05. The fourth-order valence-corrected chi connectivity index (χ4v) is 1.60. The molecule has 2 aromatic rings. The van der Waals surface area contributed by atoms with Crippen LogP contribution in [0.5, 0.6) is 5.75 Å². The van der Waals surface area contributed by atoms with Crippen molar-refractivity contribution >= 4 is 5.69 Å². The summed E-state index contributed by atoms with van der Waals surface area (Å²) in [6.07, 6.45) is 0.531. The molecule has 0 atom stereocenters. The zero-order valence-corrected chi connectivity index (χ0v) is 11.2. The van der Waals surface area contributed by atoms with Crippen molar-refractivity contribution in [3.8, 4) is 17.2 Å². The molecular weight excluding hydrogens is 262 g/mol. The number of ether oxygens (including phenoxy) is 2. The van der Waals surface area contributed by atoms with Crippen LogP contribution in [0.1, 0.15) is 5.82 Å². The zero-order valence-electron chi connectivity index (χ0n) is 11.2. The average molecular weight is 279 g/mol. The van der Waals surface area contributed by atoms with Gasteiger partial charge in [-0.2, -0.15) is 4.98 Å². The average Bonchev–Trinajstić information content (AvgIpc) is 2.87. The first-order valence-corrected chi connectivity index (χ1v) is 6.19. The minimum atomic E-state index is 0.0107. The van der Waals surface area contributed by atoms with Crippen LogP contribution in [0.2, 0.25) is 0 Å². The number of anilines is 1. The van der Waals surface area contributed by atoms with Crippen LogP contribution >= 0.6 is 0 Å². The minimum absolute atomic E-state index is 0.0107. The number of nitrogens with zero attached hydrogens (tertiary/aromatic N) is 2. The van der Waals surface area contributed by atoms with Gasteiger partial charge in [0.2, 0.25) is 0 Å². The second-order valence-corrected chi connectivity index (χ2v) is 4.15. The number of nitrogen functional groups attached to an aromatic ring is 1. The van der Waals surface area contributed by atoms with Crippen molar-refractivity contribution < 1.29 is 19.1 Å². The Morgan fingerprint density at radius 3 is 2.90 bits per heavy atom. The summed E-state index contributed by atoms with van der Waals surface area (Å²) < 4.78 is 15.3. The summed E-state index contributed by atoms with van der Waals surface area (Å²) in [5.41, 5.74) is 6.49. The lowest BCUT2D eigenvalue weighted by molar-refractivity contribution is 0.0714. The van der Waals surface area contributed by atoms with E-state index >= 15 is 0 Å². The van der Waals surface area contributed by atoms with Gasteiger partial charge in [0.05, 0.1) is 25.4 Å².